The van der Waals surface area contributed by atoms with E-state index in [9.17, 15) is 9.59 Å². The first-order chi connectivity index (χ1) is 15.0. The van der Waals surface area contributed by atoms with Crippen LogP contribution in [0.3, 0.4) is 0 Å². The van der Waals surface area contributed by atoms with Gasteiger partial charge in [-0.3, -0.25) is 0 Å². The van der Waals surface area contributed by atoms with Crippen LogP contribution in [0.15, 0.2) is 42.5 Å². The number of hydrogen-bond acceptors (Lipinski definition) is 5. The highest BCUT2D eigenvalue weighted by Crippen LogP contribution is 2.23. The second kappa shape index (κ2) is 15.5. The van der Waals surface area contributed by atoms with Gasteiger partial charge in [-0.1, -0.05) is 94.9 Å². The molecule has 0 saturated carbocycles. The number of carbonyl (C=O) groups is 2. The van der Waals surface area contributed by atoms with Crippen LogP contribution in [0.4, 0.5) is 4.79 Å². The number of amides is 1. The van der Waals surface area contributed by atoms with Crippen molar-refractivity contribution >= 4 is 12.1 Å². The summed E-state index contributed by atoms with van der Waals surface area (Å²) in [4.78, 5) is 24.5. The van der Waals surface area contributed by atoms with Crippen molar-refractivity contribution in [2.24, 2.45) is 0 Å². The highest BCUT2D eigenvalue weighted by Gasteiger charge is 2.26. The Balaban J connectivity index is 2.77. The Bertz CT molecular complexity index is 663. The average molecular weight is 433 g/mol. The summed E-state index contributed by atoms with van der Waals surface area (Å²) in [5.41, 5.74) is 0.658. The van der Waals surface area contributed by atoms with Gasteiger partial charge >= 0.3 is 12.1 Å². The van der Waals surface area contributed by atoms with Gasteiger partial charge in [0.05, 0.1) is 7.11 Å². The van der Waals surface area contributed by atoms with Gasteiger partial charge in [0.25, 0.3) is 0 Å². The van der Waals surface area contributed by atoms with Gasteiger partial charge in [0, 0.05) is 5.54 Å². The SMILES string of the molecule is CCCCCCCC(/C=C/[C@H](NC(=O)OCc1ccccc1)C(=O)OC)(CCC)NC. The Morgan fingerprint density at radius 2 is 1.74 bits per heavy atom. The maximum Gasteiger partial charge on any atom is 0.408 e. The average Bonchev–Trinajstić information content (AvgIpc) is 2.80. The van der Waals surface area contributed by atoms with E-state index in [0.29, 0.717) is 0 Å². The Morgan fingerprint density at radius 1 is 1.03 bits per heavy atom. The normalized spacial score (nSPS) is 14.1. The lowest BCUT2D eigenvalue weighted by molar-refractivity contribution is -0.141. The smallest absolute Gasteiger partial charge is 0.408 e. The molecular formula is C25H40N2O4. The molecule has 1 unspecified atom stereocenters. The summed E-state index contributed by atoms with van der Waals surface area (Å²) in [5, 5.41) is 6.05. The molecule has 0 heterocycles. The van der Waals surface area contributed by atoms with Gasteiger partial charge in [0.15, 0.2) is 0 Å². The molecule has 6 heteroatoms. The molecule has 0 aliphatic rings. The molecule has 1 rings (SSSR count). The van der Waals surface area contributed by atoms with Crippen molar-refractivity contribution in [3.05, 3.63) is 48.0 Å². The molecule has 1 aromatic rings. The van der Waals surface area contributed by atoms with Gasteiger partial charge in [-0.05, 0) is 25.5 Å². The van der Waals surface area contributed by atoms with Crippen molar-refractivity contribution in [1.29, 1.82) is 0 Å². The Labute approximate surface area is 187 Å². The Hall–Kier alpha value is -2.34. The zero-order chi connectivity index (χ0) is 23.0. The summed E-state index contributed by atoms with van der Waals surface area (Å²) >= 11 is 0. The van der Waals surface area contributed by atoms with E-state index in [0.717, 1.165) is 31.2 Å². The molecule has 0 saturated heterocycles. The molecule has 0 radical (unpaired) electrons. The Morgan fingerprint density at radius 3 is 2.35 bits per heavy atom. The third-order valence-corrected chi connectivity index (χ3v) is 5.47. The summed E-state index contributed by atoms with van der Waals surface area (Å²) in [7, 11) is 3.26. The van der Waals surface area contributed by atoms with Gasteiger partial charge in [0.2, 0.25) is 0 Å². The van der Waals surface area contributed by atoms with Crippen LogP contribution in [0, 0.1) is 0 Å². The van der Waals surface area contributed by atoms with Gasteiger partial charge in [-0.2, -0.15) is 0 Å². The van der Waals surface area contributed by atoms with Crippen LogP contribution in [0.25, 0.3) is 0 Å². The molecule has 31 heavy (non-hydrogen) atoms. The van der Waals surface area contributed by atoms with E-state index in [4.69, 9.17) is 9.47 Å². The van der Waals surface area contributed by atoms with Crippen LogP contribution in [0.1, 0.15) is 70.8 Å². The fourth-order valence-electron chi connectivity index (χ4n) is 3.60. The molecule has 2 atom stereocenters. The first kappa shape index (κ1) is 26.7. The number of carbonyl (C=O) groups excluding carboxylic acids is 2. The van der Waals surface area contributed by atoms with Crippen LogP contribution in [-0.4, -0.2) is 37.8 Å². The maximum atomic E-state index is 12.3. The lowest BCUT2D eigenvalue weighted by Gasteiger charge is -2.31. The minimum absolute atomic E-state index is 0.137. The number of alkyl carbamates (subject to hydrolysis) is 1. The molecule has 0 fully saturated rings. The van der Waals surface area contributed by atoms with Gasteiger partial charge in [-0.15, -0.1) is 0 Å². The molecule has 2 N–H and O–H groups in total. The number of nitrogens with one attached hydrogen (secondary N) is 2. The molecule has 6 nitrogen and oxygen atoms in total. The van der Waals surface area contributed by atoms with Crippen molar-refractivity contribution in [1.82, 2.24) is 10.6 Å². The van der Waals surface area contributed by atoms with Crippen LogP contribution in [0.2, 0.25) is 0 Å². The number of methoxy groups -OCH3 is 1. The molecular weight excluding hydrogens is 392 g/mol. The number of hydrogen-bond donors (Lipinski definition) is 2. The number of rotatable bonds is 15. The van der Waals surface area contributed by atoms with Crippen LogP contribution in [-0.2, 0) is 20.9 Å². The number of unbranched alkanes of at least 4 members (excludes halogenated alkanes) is 4. The zero-order valence-electron chi connectivity index (χ0n) is 19.6. The summed E-state index contributed by atoms with van der Waals surface area (Å²) < 4.78 is 10.1. The minimum atomic E-state index is -0.905. The molecule has 0 spiro atoms. The van der Waals surface area contributed by atoms with E-state index < -0.39 is 18.1 Å². The third kappa shape index (κ3) is 10.5. The summed E-state index contributed by atoms with van der Waals surface area (Å²) in [5.74, 6) is -0.530. The van der Waals surface area contributed by atoms with Crippen molar-refractivity contribution in [3.8, 4) is 0 Å². The third-order valence-electron chi connectivity index (χ3n) is 5.47. The predicted octanol–water partition coefficient (Wildman–Crippen LogP) is 5.13. The molecule has 1 aromatic carbocycles. The summed E-state index contributed by atoms with van der Waals surface area (Å²) in [6.45, 7) is 4.49. The van der Waals surface area contributed by atoms with Gasteiger partial charge in [-0.25, -0.2) is 9.59 Å². The summed E-state index contributed by atoms with van der Waals surface area (Å²) in [6, 6.07) is 8.50. The monoisotopic (exact) mass is 432 g/mol. The topological polar surface area (TPSA) is 76.7 Å². The highest BCUT2D eigenvalue weighted by atomic mass is 16.6. The van der Waals surface area contributed by atoms with Crippen molar-refractivity contribution in [3.63, 3.8) is 0 Å². The first-order valence-corrected chi connectivity index (χ1v) is 11.4. The zero-order valence-corrected chi connectivity index (χ0v) is 19.6. The van der Waals surface area contributed by atoms with E-state index in [1.165, 1.54) is 32.8 Å². The van der Waals surface area contributed by atoms with Crippen molar-refractivity contribution in [2.75, 3.05) is 14.2 Å². The fraction of sp³-hybridized carbons (Fsp3) is 0.600. The second-order valence-electron chi connectivity index (χ2n) is 7.89. The van der Waals surface area contributed by atoms with E-state index in [1.54, 1.807) is 6.08 Å². The van der Waals surface area contributed by atoms with Crippen LogP contribution >= 0.6 is 0 Å². The number of likely N-dealkylation sites (N-methyl/N-ethyl adjacent to an activating group) is 1. The fourth-order valence-corrected chi connectivity index (χ4v) is 3.60. The summed E-state index contributed by atoms with van der Waals surface area (Å²) in [6.07, 6.45) is 12.0. The molecule has 0 aromatic heterocycles. The Kier molecular flexibility index (Phi) is 13.3. The highest BCUT2D eigenvalue weighted by molar-refractivity contribution is 5.83. The lowest BCUT2D eigenvalue weighted by Crippen LogP contribution is -2.44. The van der Waals surface area contributed by atoms with E-state index in [2.05, 4.69) is 24.5 Å². The van der Waals surface area contributed by atoms with Crippen LogP contribution < -0.4 is 10.6 Å². The number of benzene rings is 1. The van der Waals surface area contributed by atoms with E-state index >= 15 is 0 Å². The molecule has 0 bridgehead atoms. The van der Waals surface area contributed by atoms with Crippen molar-refractivity contribution in [2.45, 2.75) is 83.4 Å². The van der Waals surface area contributed by atoms with Gasteiger partial charge < -0.3 is 20.1 Å². The second-order valence-corrected chi connectivity index (χ2v) is 7.89. The van der Waals surface area contributed by atoms with Gasteiger partial charge in [0.1, 0.15) is 12.6 Å². The molecule has 174 valence electrons. The van der Waals surface area contributed by atoms with E-state index in [1.807, 2.05) is 43.5 Å². The molecule has 1 amide bonds. The number of ether oxygens (including phenoxy) is 2. The maximum absolute atomic E-state index is 12.3. The minimum Gasteiger partial charge on any atom is -0.467 e. The first-order valence-electron chi connectivity index (χ1n) is 11.4. The standard InChI is InChI=1S/C25H40N2O4/c1-5-7-8-9-13-18-25(26-3,17-6-2)19-16-22(23(28)30-4)27-24(29)31-20-21-14-11-10-12-15-21/h10-12,14-16,19,22,26H,5-9,13,17-18,20H2,1-4H3,(H,27,29)/b19-16+/t22-,25?/m0/s1. The lowest BCUT2D eigenvalue weighted by atomic mass is 9.86. The van der Waals surface area contributed by atoms with E-state index in [-0.39, 0.29) is 12.1 Å². The van der Waals surface area contributed by atoms with Crippen molar-refractivity contribution < 1.29 is 19.1 Å². The quantitative estimate of drug-likeness (QED) is 0.228. The number of esters is 1. The largest absolute Gasteiger partial charge is 0.467 e. The predicted molar refractivity (Wildman–Crippen MR) is 125 cm³/mol. The van der Waals surface area contributed by atoms with Crippen LogP contribution in [0.5, 0.6) is 0 Å². The molecule has 0 aliphatic carbocycles. The molecule has 0 aliphatic heterocycles.